The minimum absolute atomic E-state index is 0.0542. The number of nitrogens with zero attached hydrogens (tertiary/aromatic N) is 2. The van der Waals surface area contributed by atoms with Gasteiger partial charge in [0, 0.05) is 18.2 Å². The van der Waals surface area contributed by atoms with Crippen molar-refractivity contribution >= 4 is 23.6 Å². The lowest BCUT2D eigenvalue weighted by molar-refractivity contribution is -0.384. The fraction of sp³-hybridized carbons (Fsp3) is 0. The summed E-state index contributed by atoms with van der Waals surface area (Å²) in [6.45, 7) is 0. The standard InChI is InChI=1S/C10H10N4O3/c11-10(12)13-9(15)5-4-7-2-1-3-8(6-7)14(16)17/h1-6H,(H4,11,12,13,15)/b5-4+. The molecule has 1 aromatic carbocycles. The number of non-ortho nitro benzene ring substituents is 1. The number of guanidine groups is 1. The highest BCUT2D eigenvalue weighted by Gasteiger charge is 2.03. The first kappa shape index (κ1) is 12.4. The van der Waals surface area contributed by atoms with Crippen LogP contribution < -0.4 is 11.5 Å². The summed E-state index contributed by atoms with van der Waals surface area (Å²) in [5.41, 5.74) is 10.5. The molecular formula is C10H10N4O3. The van der Waals surface area contributed by atoms with Crippen LogP contribution in [0.15, 0.2) is 35.3 Å². The molecule has 0 saturated carbocycles. The molecule has 0 bridgehead atoms. The molecule has 0 spiro atoms. The molecule has 0 heterocycles. The molecule has 0 radical (unpaired) electrons. The van der Waals surface area contributed by atoms with E-state index in [1.54, 1.807) is 6.07 Å². The number of aliphatic imine (C=N–C) groups is 1. The second-order valence-electron chi connectivity index (χ2n) is 3.06. The monoisotopic (exact) mass is 234 g/mol. The topological polar surface area (TPSA) is 125 Å². The van der Waals surface area contributed by atoms with Gasteiger partial charge in [-0.3, -0.25) is 14.9 Å². The first-order valence-electron chi connectivity index (χ1n) is 4.55. The lowest BCUT2D eigenvalue weighted by atomic mass is 10.2. The maximum Gasteiger partial charge on any atom is 0.272 e. The summed E-state index contributed by atoms with van der Waals surface area (Å²) in [7, 11) is 0. The summed E-state index contributed by atoms with van der Waals surface area (Å²) in [5.74, 6) is -0.963. The van der Waals surface area contributed by atoms with E-state index in [1.165, 1.54) is 24.3 Å². The first-order chi connectivity index (χ1) is 7.99. The van der Waals surface area contributed by atoms with Gasteiger partial charge in [-0.15, -0.1) is 0 Å². The second-order valence-corrected chi connectivity index (χ2v) is 3.06. The lowest BCUT2D eigenvalue weighted by Gasteiger charge is -1.93. The van der Waals surface area contributed by atoms with Gasteiger partial charge in [-0.05, 0) is 11.6 Å². The Kier molecular flexibility index (Phi) is 3.93. The van der Waals surface area contributed by atoms with Crippen LogP contribution in [0.2, 0.25) is 0 Å². The Morgan fingerprint density at radius 3 is 2.71 bits per heavy atom. The third-order valence-electron chi connectivity index (χ3n) is 1.74. The molecule has 1 aromatic rings. The van der Waals surface area contributed by atoms with Crippen molar-refractivity contribution in [1.29, 1.82) is 0 Å². The lowest BCUT2D eigenvalue weighted by Crippen LogP contribution is -2.23. The number of nitrogens with two attached hydrogens (primary N) is 2. The van der Waals surface area contributed by atoms with Crippen molar-refractivity contribution in [1.82, 2.24) is 0 Å². The van der Waals surface area contributed by atoms with Gasteiger partial charge in [0.1, 0.15) is 0 Å². The zero-order valence-electron chi connectivity index (χ0n) is 8.74. The van der Waals surface area contributed by atoms with Crippen LogP contribution in [0.25, 0.3) is 6.08 Å². The summed E-state index contributed by atoms with van der Waals surface area (Å²) in [5, 5.41) is 10.5. The molecule has 0 aliphatic rings. The SMILES string of the molecule is NC(N)=NC(=O)/C=C/c1cccc([N+](=O)[O-])c1. The molecule has 1 amide bonds. The van der Waals surface area contributed by atoms with E-state index in [2.05, 4.69) is 4.99 Å². The molecule has 4 N–H and O–H groups in total. The molecule has 17 heavy (non-hydrogen) atoms. The highest BCUT2D eigenvalue weighted by atomic mass is 16.6. The van der Waals surface area contributed by atoms with Crippen molar-refractivity contribution in [2.75, 3.05) is 0 Å². The molecule has 0 saturated heterocycles. The number of nitro benzene ring substituents is 1. The third kappa shape index (κ3) is 4.12. The van der Waals surface area contributed by atoms with Gasteiger partial charge in [0.25, 0.3) is 11.6 Å². The maximum atomic E-state index is 11.1. The predicted octanol–water partition coefficient (Wildman–Crippen LogP) is 0.408. The second kappa shape index (κ2) is 5.40. The van der Waals surface area contributed by atoms with Crippen LogP contribution in [0.5, 0.6) is 0 Å². The van der Waals surface area contributed by atoms with Gasteiger partial charge in [0.2, 0.25) is 0 Å². The van der Waals surface area contributed by atoms with Crippen LogP contribution in [-0.4, -0.2) is 16.8 Å². The van der Waals surface area contributed by atoms with E-state index < -0.39 is 10.8 Å². The third-order valence-corrected chi connectivity index (χ3v) is 1.74. The van der Waals surface area contributed by atoms with Gasteiger partial charge in [-0.2, -0.15) is 4.99 Å². The van der Waals surface area contributed by atoms with Crippen LogP contribution in [-0.2, 0) is 4.79 Å². The van der Waals surface area contributed by atoms with Crippen LogP contribution in [0.4, 0.5) is 5.69 Å². The summed E-state index contributed by atoms with van der Waals surface area (Å²) in [6.07, 6.45) is 2.51. The summed E-state index contributed by atoms with van der Waals surface area (Å²) in [4.78, 5) is 24.3. The average Bonchev–Trinajstić information content (AvgIpc) is 2.26. The number of hydrogen-bond acceptors (Lipinski definition) is 3. The van der Waals surface area contributed by atoms with Crippen LogP contribution >= 0.6 is 0 Å². The molecule has 1 rings (SSSR count). The first-order valence-corrected chi connectivity index (χ1v) is 4.55. The van der Waals surface area contributed by atoms with Gasteiger partial charge in [-0.25, -0.2) is 0 Å². The largest absolute Gasteiger partial charge is 0.370 e. The van der Waals surface area contributed by atoms with Crippen LogP contribution in [0.1, 0.15) is 5.56 Å². The minimum Gasteiger partial charge on any atom is -0.370 e. The van der Waals surface area contributed by atoms with Gasteiger partial charge in [0.15, 0.2) is 5.96 Å². The van der Waals surface area contributed by atoms with Crippen molar-refractivity contribution in [3.63, 3.8) is 0 Å². The Morgan fingerprint density at radius 2 is 2.12 bits per heavy atom. The number of hydrogen-bond donors (Lipinski definition) is 2. The molecule has 0 aliphatic carbocycles. The zero-order valence-corrected chi connectivity index (χ0v) is 8.74. The molecule has 0 fully saturated rings. The van der Waals surface area contributed by atoms with Crippen LogP contribution in [0, 0.1) is 10.1 Å². The fourth-order valence-electron chi connectivity index (χ4n) is 1.07. The molecule has 0 aromatic heterocycles. The van der Waals surface area contributed by atoms with Gasteiger partial charge >= 0.3 is 0 Å². The van der Waals surface area contributed by atoms with Crippen molar-refractivity contribution in [2.24, 2.45) is 16.5 Å². The Morgan fingerprint density at radius 1 is 1.41 bits per heavy atom. The Balaban J connectivity index is 2.85. The normalized spacial score (nSPS) is 10.1. The van der Waals surface area contributed by atoms with E-state index in [1.807, 2.05) is 0 Å². The number of benzene rings is 1. The number of carbonyl (C=O) groups is 1. The van der Waals surface area contributed by atoms with Crippen molar-refractivity contribution in [2.45, 2.75) is 0 Å². The Hall–Kier alpha value is -2.70. The fourth-order valence-corrected chi connectivity index (χ4v) is 1.07. The van der Waals surface area contributed by atoms with E-state index in [0.717, 1.165) is 6.08 Å². The number of rotatable bonds is 3. The minimum atomic E-state index is -0.628. The molecule has 0 aliphatic heterocycles. The quantitative estimate of drug-likeness (QED) is 0.257. The van der Waals surface area contributed by atoms with E-state index in [0.29, 0.717) is 5.56 Å². The molecule has 7 heteroatoms. The van der Waals surface area contributed by atoms with E-state index in [-0.39, 0.29) is 11.6 Å². The molecule has 7 nitrogen and oxygen atoms in total. The predicted molar refractivity (Wildman–Crippen MR) is 62.9 cm³/mol. The average molecular weight is 234 g/mol. The van der Waals surface area contributed by atoms with E-state index in [4.69, 9.17) is 11.5 Å². The molecular weight excluding hydrogens is 224 g/mol. The highest BCUT2D eigenvalue weighted by molar-refractivity contribution is 5.99. The van der Waals surface area contributed by atoms with Crippen molar-refractivity contribution in [3.8, 4) is 0 Å². The molecule has 0 unspecified atom stereocenters. The highest BCUT2D eigenvalue weighted by Crippen LogP contribution is 2.13. The Bertz CT molecular complexity index is 504. The smallest absolute Gasteiger partial charge is 0.272 e. The summed E-state index contributed by atoms with van der Waals surface area (Å²) >= 11 is 0. The van der Waals surface area contributed by atoms with E-state index >= 15 is 0 Å². The summed E-state index contributed by atoms with van der Waals surface area (Å²) < 4.78 is 0. The van der Waals surface area contributed by atoms with Gasteiger partial charge in [0.05, 0.1) is 4.92 Å². The molecule has 0 atom stereocenters. The Labute approximate surface area is 96.6 Å². The maximum absolute atomic E-state index is 11.1. The van der Waals surface area contributed by atoms with Gasteiger partial charge < -0.3 is 11.5 Å². The zero-order chi connectivity index (χ0) is 12.8. The number of carbonyl (C=O) groups excluding carboxylic acids is 1. The molecule has 88 valence electrons. The number of amides is 1. The number of nitro groups is 1. The summed E-state index contributed by atoms with van der Waals surface area (Å²) in [6, 6.07) is 5.82. The van der Waals surface area contributed by atoms with Crippen molar-refractivity contribution in [3.05, 3.63) is 46.0 Å². The van der Waals surface area contributed by atoms with Crippen LogP contribution in [0.3, 0.4) is 0 Å². The van der Waals surface area contributed by atoms with E-state index in [9.17, 15) is 14.9 Å². The van der Waals surface area contributed by atoms with Gasteiger partial charge in [-0.1, -0.05) is 12.1 Å². The van der Waals surface area contributed by atoms with Crippen molar-refractivity contribution < 1.29 is 9.72 Å².